The van der Waals surface area contributed by atoms with E-state index in [0.717, 1.165) is 23.8 Å². The van der Waals surface area contributed by atoms with Crippen molar-refractivity contribution in [3.63, 3.8) is 0 Å². The summed E-state index contributed by atoms with van der Waals surface area (Å²) in [5.74, 6) is 1.24. The fourth-order valence-electron chi connectivity index (χ4n) is 1.78. The summed E-state index contributed by atoms with van der Waals surface area (Å²) in [4.78, 5) is 12.1. The van der Waals surface area contributed by atoms with Gasteiger partial charge in [0, 0.05) is 30.0 Å². The summed E-state index contributed by atoms with van der Waals surface area (Å²) in [5, 5.41) is 3.20. The largest absolute Gasteiger partial charge is 0.497 e. The number of nitrogens with zero attached hydrogens (tertiary/aromatic N) is 4. The quantitative estimate of drug-likeness (QED) is 0.770. The first-order chi connectivity index (χ1) is 11.5. The van der Waals surface area contributed by atoms with Gasteiger partial charge in [-0.1, -0.05) is 0 Å². The summed E-state index contributed by atoms with van der Waals surface area (Å²) in [6.07, 6.45) is -2.09. The Morgan fingerprint density at radius 1 is 1.17 bits per heavy atom. The molecular formula is C14H10F3N5OS. The number of pyridine rings is 2. The number of hydrogen-bond acceptors (Lipinski definition) is 7. The van der Waals surface area contributed by atoms with Crippen molar-refractivity contribution >= 4 is 22.5 Å². The van der Waals surface area contributed by atoms with Gasteiger partial charge in [-0.05, 0) is 18.2 Å². The van der Waals surface area contributed by atoms with Crippen LogP contribution in [0.3, 0.4) is 0 Å². The molecule has 0 saturated carbocycles. The first-order valence-corrected chi connectivity index (χ1v) is 7.37. The minimum absolute atomic E-state index is 0.240. The van der Waals surface area contributed by atoms with Crippen molar-refractivity contribution in [1.29, 1.82) is 0 Å². The number of nitrogens with one attached hydrogen (secondary N) is 1. The molecule has 24 heavy (non-hydrogen) atoms. The monoisotopic (exact) mass is 353 g/mol. The van der Waals surface area contributed by atoms with Crippen LogP contribution in [0.2, 0.25) is 0 Å². The summed E-state index contributed by atoms with van der Waals surface area (Å²) in [6, 6.07) is 5.55. The van der Waals surface area contributed by atoms with Gasteiger partial charge in [-0.25, -0.2) is 4.98 Å². The SMILES string of the molecule is COc1ccnc(-c2nsc(Nc3ccc(C(F)(F)F)cn3)n2)c1. The Balaban J connectivity index is 1.76. The van der Waals surface area contributed by atoms with Crippen LogP contribution < -0.4 is 10.1 Å². The molecular weight excluding hydrogens is 343 g/mol. The Morgan fingerprint density at radius 3 is 2.67 bits per heavy atom. The molecule has 124 valence electrons. The van der Waals surface area contributed by atoms with Gasteiger partial charge >= 0.3 is 6.18 Å². The average molecular weight is 353 g/mol. The molecule has 6 nitrogen and oxygen atoms in total. The van der Waals surface area contributed by atoms with Gasteiger partial charge in [-0.15, -0.1) is 0 Å². The van der Waals surface area contributed by atoms with Gasteiger partial charge in [0.15, 0.2) is 5.82 Å². The third-order valence-corrected chi connectivity index (χ3v) is 3.58. The number of anilines is 2. The molecule has 3 aromatic heterocycles. The normalized spacial score (nSPS) is 11.3. The summed E-state index contributed by atoms with van der Waals surface area (Å²) < 4.78 is 46.8. The molecule has 0 saturated heterocycles. The first kappa shape index (κ1) is 16.1. The van der Waals surface area contributed by atoms with Gasteiger partial charge in [0.25, 0.3) is 0 Å². The number of halogens is 3. The van der Waals surface area contributed by atoms with E-state index in [-0.39, 0.29) is 5.82 Å². The third-order valence-electron chi connectivity index (χ3n) is 2.95. The topological polar surface area (TPSA) is 72.8 Å². The van der Waals surface area contributed by atoms with E-state index < -0.39 is 11.7 Å². The highest BCUT2D eigenvalue weighted by Crippen LogP contribution is 2.29. The minimum atomic E-state index is -4.42. The molecule has 3 heterocycles. The van der Waals surface area contributed by atoms with E-state index in [1.54, 1.807) is 18.3 Å². The Labute approximate surface area is 138 Å². The van der Waals surface area contributed by atoms with Gasteiger partial charge < -0.3 is 10.1 Å². The molecule has 0 aliphatic carbocycles. The molecule has 3 rings (SSSR count). The van der Waals surface area contributed by atoms with Crippen LogP contribution in [0, 0.1) is 0 Å². The molecule has 0 spiro atoms. The Morgan fingerprint density at radius 2 is 2.00 bits per heavy atom. The van der Waals surface area contributed by atoms with Crippen molar-refractivity contribution in [3.05, 3.63) is 42.2 Å². The maximum atomic E-state index is 12.5. The Hall–Kier alpha value is -2.75. The van der Waals surface area contributed by atoms with Crippen LogP contribution in [0.1, 0.15) is 5.56 Å². The molecule has 1 N–H and O–H groups in total. The van der Waals surface area contributed by atoms with Crippen LogP contribution in [-0.4, -0.2) is 26.4 Å². The lowest BCUT2D eigenvalue weighted by Crippen LogP contribution is -2.05. The molecule has 0 unspecified atom stereocenters. The van der Waals surface area contributed by atoms with Crippen LogP contribution in [0.25, 0.3) is 11.5 Å². The smallest absolute Gasteiger partial charge is 0.417 e. The fourth-order valence-corrected chi connectivity index (χ4v) is 2.37. The lowest BCUT2D eigenvalue weighted by Gasteiger charge is -2.06. The summed E-state index contributed by atoms with van der Waals surface area (Å²) >= 11 is 1.05. The highest BCUT2D eigenvalue weighted by atomic mass is 32.1. The maximum absolute atomic E-state index is 12.5. The van der Waals surface area contributed by atoms with Crippen molar-refractivity contribution in [1.82, 2.24) is 19.3 Å². The zero-order chi connectivity index (χ0) is 17.2. The first-order valence-electron chi connectivity index (χ1n) is 6.60. The highest BCUT2D eigenvalue weighted by molar-refractivity contribution is 7.09. The van der Waals surface area contributed by atoms with E-state index >= 15 is 0 Å². The predicted octanol–water partition coefficient (Wildman–Crippen LogP) is 3.77. The third kappa shape index (κ3) is 3.59. The van der Waals surface area contributed by atoms with Gasteiger partial charge in [0.05, 0.1) is 12.7 Å². The van der Waals surface area contributed by atoms with Crippen molar-refractivity contribution in [2.24, 2.45) is 0 Å². The lowest BCUT2D eigenvalue weighted by molar-refractivity contribution is -0.137. The van der Waals surface area contributed by atoms with Crippen LogP contribution in [0.5, 0.6) is 5.75 Å². The van der Waals surface area contributed by atoms with E-state index in [2.05, 4.69) is 24.6 Å². The molecule has 0 aliphatic rings. The molecule has 10 heteroatoms. The van der Waals surface area contributed by atoms with E-state index in [0.29, 0.717) is 22.4 Å². The van der Waals surface area contributed by atoms with Crippen LogP contribution in [0.15, 0.2) is 36.7 Å². The molecule has 0 radical (unpaired) electrons. The molecule has 0 fully saturated rings. The Kier molecular flexibility index (Phi) is 4.30. The van der Waals surface area contributed by atoms with E-state index in [9.17, 15) is 13.2 Å². The summed E-state index contributed by atoms with van der Waals surface area (Å²) in [6.45, 7) is 0. The zero-order valence-electron chi connectivity index (χ0n) is 12.2. The fraction of sp³-hybridized carbons (Fsp3) is 0.143. The standard InChI is InChI=1S/C14H10F3N5OS/c1-23-9-4-5-18-10(6-9)12-21-13(24-22-12)20-11-3-2-8(7-19-11)14(15,16)17/h2-7H,1H3,(H,19,20,21,22). The van der Waals surface area contributed by atoms with Crippen molar-refractivity contribution in [3.8, 4) is 17.3 Å². The van der Waals surface area contributed by atoms with Crippen molar-refractivity contribution in [2.75, 3.05) is 12.4 Å². The van der Waals surface area contributed by atoms with Crippen LogP contribution in [-0.2, 0) is 6.18 Å². The molecule has 3 aromatic rings. The van der Waals surface area contributed by atoms with Gasteiger partial charge in [0.1, 0.15) is 17.3 Å². The number of hydrogen-bond donors (Lipinski definition) is 1. The molecule has 0 aliphatic heterocycles. The summed E-state index contributed by atoms with van der Waals surface area (Å²) in [7, 11) is 1.54. The van der Waals surface area contributed by atoms with Crippen LogP contribution in [0.4, 0.5) is 24.1 Å². The maximum Gasteiger partial charge on any atom is 0.417 e. The number of aromatic nitrogens is 4. The number of alkyl halides is 3. The summed E-state index contributed by atoms with van der Waals surface area (Å²) in [5.41, 5.74) is -0.286. The van der Waals surface area contributed by atoms with E-state index in [1.165, 1.54) is 13.2 Å². The second kappa shape index (κ2) is 6.40. The second-order valence-electron chi connectivity index (χ2n) is 4.56. The lowest BCUT2D eigenvalue weighted by atomic mass is 10.3. The van der Waals surface area contributed by atoms with Crippen molar-refractivity contribution in [2.45, 2.75) is 6.18 Å². The molecule has 0 aromatic carbocycles. The average Bonchev–Trinajstić information content (AvgIpc) is 3.03. The van der Waals surface area contributed by atoms with Gasteiger partial charge in [-0.3, -0.25) is 4.98 Å². The van der Waals surface area contributed by atoms with E-state index in [1.807, 2.05) is 0 Å². The van der Waals surface area contributed by atoms with Crippen LogP contribution >= 0.6 is 11.5 Å². The van der Waals surface area contributed by atoms with Gasteiger partial charge in [0.2, 0.25) is 5.13 Å². The number of rotatable bonds is 4. The predicted molar refractivity (Wildman–Crippen MR) is 82.2 cm³/mol. The highest BCUT2D eigenvalue weighted by Gasteiger charge is 2.30. The number of ether oxygens (including phenoxy) is 1. The molecule has 0 bridgehead atoms. The zero-order valence-corrected chi connectivity index (χ0v) is 13.0. The molecule has 0 atom stereocenters. The minimum Gasteiger partial charge on any atom is -0.497 e. The second-order valence-corrected chi connectivity index (χ2v) is 5.31. The molecule has 0 amide bonds. The van der Waals surface area contributed by atoms with E-state index in [4.69, 9.17) is 4.74 Å². The number of methoxy groups -OCH3 is 1. The van der Waals surface area contributed by atoms with Gasteiger partial charge in [-0.2, -0.15) is 22.5 Å². The van der Waals surface area contributed by atoms with Crippen molar-refractivity contribution < 1.29 is 17.9 Å². The Bertz CT molecular complexity index is 835.